The van der Waals surface area contributed by atoms with Crippen LogP contribution in [0.5, 0.6) is 11.5 Å². The largest absolute Gasteiger partial charge is 0.493 e. The fourth-order valence-electron chi connectivity index (χ4n) is 3.77. The molecule has 0 amide bonds. The van der Waals surface area contributed by atoms with Crippen molar-refractivity contribution in [2.24, 2.45) is 5.73 Å². The highest BCUT2D eigenvalue weighted by Gasteiger charge is 2.26. The van der Waals surface area contributed by atoms with Crippen LogP contribution in [-0.2, 0) is 16.1 Å². The molecule has 0 spiro atoms. The third-order valence-corrected chi connectivity index (χ3v) is 5.17. The minimum absolute atomic E-state index is 0.360. The van der Waals surface area contributed by atoms with Crippen LogP contribution in [0.4, 0.5) is 0 Å². The summed E-state index contributed by atoms with van der Waals surface area (Å²) in [5.41, 5.74) is 10.6. The van der Waals surface area contributed by atoms with E-state index in [4.69, 9.17) is 19.9 Å². The average Bonchev–Trinajstić information content (AvgIpc) is 3.05. The van der Waals surface area contributed by atoms with E-state index in [0.717, 1.165) is 27.7 Å². The molecule has 29 heavy (non-hydrogen) atoms. The number of aromatic nitrogens is 1. The normalized spacial score (nSPS) is 13.6. The number of nitrogens with two attached hydrogens (primary N) is 1. The third-order valence-electron chi connectivity index (χ3n) is 5.17. The first-order chi connectivity index (χ1) is 14.1. The highest BCUT2D eigenvalue weighted by atomic mass is 16.5. The van der Waals surface area contributed by atoms with Crippen molar-refractivity contribution in [1.29, 1.82) is 0 Å². The van der Waals surface area contributed by atoms with Crippen LogP contribution in [-0.4, -0.2) is 31.9 Å². The first-order valence-electron chi connectivity index (χ1n) is 9.18. The van der Waals surface area contributed by atoms with Gasteiger partial charge in [0.2, 0.25) is 0 Å². The molecule has 0 fully saturated rings. The molecule has 0 atom stereocenters. The predicted molar refractivity (Wildman–Crippen MR) is 113 cm³/mol. The highest BCUT2D eigenvalue weighted by Crippen LogP contribution is 2.38. The summed E-state index contributed by atoms with van der Waals surface area (Å²) >= 11 is 0. The third kappa shape index (κ3) is 3.02. The molecule has 2 heterocycles. The summed E-state index contributed by atoms with van der Waals surface area (Å²) in [5.74, 6) is 0.802. The van der Waals surface area contributed by atoms with Gasteiger partial charge >= 0.3 is 5.97 Å². The first-order valence-corrected chi connectivity index (χ1v) is 9.18. The Kier molecular flexibility index (Phi) is 4.76. The molecule has 0 saturated heterocycles. The highest BCUT2D eigenvalue weighted by molar-refractivity contribution is 6.13. The number of hydrogen-bond acceptors (Lipinski definition) is 5. The maximum absolute atomic E-state index is 12.7. The average molecular weight is 390 g/mol. The van der Waals surface area contributed by atoms with Crippen molar-refractivity contribution in [3.8, 4) is 11.5 Å². The van der Waals surface area contributed by atoms with Gasteiger partial charge in [0.1, 0.15) is 0 Å². The summed E-state index contributed by atoms with van der Waals surface area (Å²) in [6.07, 6.45) is 2.00. The summed E-state index contributed by atoms with van der Waals surface area (Å²) in [4.78, 5) is 12.7. The smallest absolute Gasteiger partial charge is 0.340 e. The maximum Gasteiger partial charge on any atom is 0.340 e. The van der Waals surface area contributed by atoms with Gasteiger partial charge in [0.05, 0.1) is 43.8 Å². The topological polar surface area (TPSA) is 75.7 Å². The molecule has 1 aliphatic heterocycles. The maximum atomic E-state index is 12.7. The summed E-state index contributed by atoms with van der Waals surface area (Å²) < 4.78 is 18.0. The summed E-state index contributed by atoms with van der Waals surface area (Å²) in [7, 11) is 4.57. The van der Waals surface area contributed by atoms with E-state index in [-0.39, 0.29) is 0 Å². The van der Waals surface area contributed by atoms with Gasteiger partial charge in [0, 0.05) is 18.0 Å². The van der Waals surface area contributed by atoms with Gasteiger partial charge in [-0.2, -0.15) is 0 Å². The van der Waals surface area contributed by atoms with Gasteiger partial charge < -0.3 is 24.5 Å². The van der Waals surface area contributed by atoms with Gasteiger partial charge in [-0.05, 0) is 23.3 Å². The van der Waals surface area contributed by atoms with E-state index in [0.29, 0.717) is 29.3 Å². The molecule has 0 bridgehead atoms. The van der Waals surface area contributed by atoms with Crippen molar-refractivity contribution in [3.05, 3.63) is 71.4 Å². The van der Waals surface area contributed by atoms with E-state index < -0.39 is 5.97 Å². The van der Waals surface area contributed by atoms with Crippen LogP contribution >= 0.6 is 0 Å². The second-order valence-electron chi connectivity index (χ2n) is 6.67. The molecule has 1 aromatic heterocycles. The van der Waals surface area contributed by atoms with Crippen molar-refractivity contribution in [1.82, 2.24) is 4.57 Å². The summed E-state index contributed by atoms with van der Waals surface area (Å²) in [6, 6.07) is 15.5. The zero-order valence-electron chi connectivity index (χ0n) is 16.6. The fourth-order valence-corrected chi connectivity index (χ4v) is 3.77. The Morgan fingerprint density at radius 2 is 1.69 bits per heavy atom. The standard InChI is InChI=1S/C23H22N2O4/c1-27-19-12-15-11-18-22(24)21(23(26)29-3)16(14-7-5-4-6-8-14)9-10-25(18)17(15)13-20(19)28-2/h4-9,11-13H,10,24H2,1-3H3. The Morgan fingerprint density at radius 1 is 1.00 bits per heavy atom. The van der Waals surface area contributed by atoms with E-state index in [2.05, 4.69) is 4.57 Å². The number of carbonyl (C=O) groups excluding carboxylic acids is 1. The summed E-state index contributed by atoms with van der Waals surface area (Å²) in [5, 5.41) is 0.946. The van der Waals surface area contributed by atoms with Crippen molar-refractivity contribution >= 4 is 28.1 Å². The Hall–Kier alpha value is -3.67. The number of allylic oxidation sites excluding steroid dienone is 1. The van der Waals surface area contributed by atoms with Crippen LogP contribution in [0, 0.1) is 0 Å². The predicted octanol–water partition coefficient (Wildman–Crippen LogP) is 3.60. The van der Waals surface area contributed by atoms with Crippen LogP contribution in [0.2, 0.25) is 0 Å². The molecule has 0 aliphatic carbocycles. The summed E-state index contributed by atoms with van der Waals surface area (Å²) in [6.45, 7) is 0.541. The van der Waals surface area contributed by atoms with Gasteiger partial charge in [-0.3, -0.25) is 0 Å². The van der Waals surface area contributed by atoms with Crippen molar-refractivity contribution in [2.75, 3.05) is 21.3 Å². The minimum Gasteiger partial charge on any atom is -0.493 e. The molecule has 6 nitrogen and oxygen atoms in total. The van der Waals surface area contributed by atoms with Gasteiger partial charge in [-0.1, -0.05) is 36.4 Å². The van der Waals surface area contributed by atoms with E-state index in [9.17, 15) is 4.79 Å². The quantitative estimate of drug-likeness (QED) is 0.689. The van der Waals surface area contributed by atoms with Crippen LogP contribution in [0.3, 0.4) is 0 Å². The number of esters is 1. The number of fused-ring (bicyclic) bond motifs is 3. The van der Waals surface area contributed by atoms with Crippen LogP contribution in [0.1, 0.15) is 11.3 Å². The van der Waals surface area contributed by atoms with Crippen molar-refractivity contribution in [3.63, 3.8) is 0 Å². The lowest BCUT2D eigenvalue weighted by atomic mass is 9.95. The number of nitrogens with zero attached hydrogens (tertiary/aromatic N) is 1. The molecular weight excluding hydrogens is 368 g/mol. The second kappa shape index (κ2) is 7.39. The molecular formula is C23H22N2O4. The molecule has 4 rings (SSSR count). The van der Waals surface area contributed by atoms with Crippen LogP contribution in [0.15, 0.2) is 60.2 Å². The molecule has 2 aromatic carbocycles. The molecule has 2 N–H and O–H groups in total. The molecule has 0 unspecified atom stereocenters. The van der Waals surface area contributed by atoms with E-state index >= 15 is 0 Å². The molecule has 6 heteroatoms. The minimum atomic E-state index is -0.466. The number of rotatable bonds is 4. The van der Waals surface area contributed by atoms with Crippen LogP contribution < -0.4 is 15.2 Å². The Bertz CT molecular complexity index is 1160. The van der Waals surface area contributed by atoms with Crippen molar-refractivity contribution < 1.29 is 19.0 Å². The molecule has 1 aliphatic rings. The van der Waals surface area contributed by atoms with E-state index in [1.165, 1.54) is 7.11 Å². The van der Waals surface area contributed by atoms with Crippen molar-refractivity contribution in [2.45, 2.75) is 6.54 Å². The fraction of sp³-hybridized carbons (Fsp3) is 0.174. The number of hydrogen-bond donors (Lipinski definition) is 1. The molecule has 148 valence electrons. The lowest BCUT2D eigenvalue weighted by Gasteiger charge is -2.12. The lowest BCUT2D eigenvalue weighted by molar-refractivity contribution is -0.135. The number of ether oxygens (including phenoxy) is 3. The van der Waals surface area contributed by atoms with Gasteiger partial charge in [-0.25, -0.2) is 4.79 Å². The molecule has 0 radical (unpaired) electrons. The zero-order valence-corrected chi connectivity index (χ0v) is 16.6. The Balaban J connectivity index is 1.98. The number of methoxy groups -OCH3 is 3. The van der Waals surface area contributed by atoms with E-state index in [1.807, 2.05) is 54.6 Å². The van der Waals surface area contributed by atoms with Gasteiger partial charge in [-0.15, -0.1) is 0 Å². The monoisotopic (exact) mass is 390 g/mol. The Labute approximate surface area is 168 Å². The van der Waals surface area contributed by atoms with Crippen LogP contribution in [0.25, 0.3) is 22.2 Å². The number of benzene rings is 2. The van der Waals surface area contributed by atoms with E-state index in [1.54, 1.807) is 14.2 Å². The zero-order chi connectivity index (χ0) is 20.5. The lowest BCUT2D eigenvalue weighted by Crippen LogP contribution is -2.13. The first kappa shape index (κ1) is 18.7. The second-order valence-corrected chi connectivity index (χ2v) is 6.67. The molecule has 3 aromatic rings. The Morgan fingerprint density at radius 3 is 2.34 bits per heavy atom. The SMILES string of the molecule is COC(=O)C1=C(N)c2cc3cc(OC)c(OC)cc3n2CC=C1c1ccccc1. The molecule has 0 saturated carbocycles. The number of carbonyl (C=O) groups is 1. The van der Waals surface area contributed by atoms with Gasteiger partial charge in [0.15, 0.2) is 11.5 Å². The van der Waals surface area contributed by atoms with Gasteiger partial charge in [0.25, 0.3) is 0 Å².